The summed E-state index contributed by atoms with van der Waals surface area (Å²) in [6.07, 6.45) is 4.92. The van der Waals surface area contributed by atoms with Crippen LogP contribution in [0.3, 0.4) is 0 Å². The zero-order valence-electron chi connectivity index (χ0n) is 31.0. The highest BCUT2D eigenvalue weighted by Gasteiger charge is 2.63. The van der Waals surface area contributed by atoms with Gasteiger partial charge in [0.25, 0.3) is 5.91 Å². The van der Waals surface area contributed by atoms with E-state index in [0.717, 1.165) is 6.42 Å². The monoisotopic (exact) mass is 750 g/mol. The van der Waals surface area contributed by atoms with Gasteiger partial charge in [-0.15, -0.1) is 0 Å². The molecule has 52 heavy (non-hydrogen) atoms. The molecule has 0 radical (unpaired) electrons. The molecular formula is C37H58N4O10S. The van der Waals surface area contributed by atoms with Crippen molar-refractivity contribution in [1.82, 2.24) is 20.3 Å². The lowest BCUT2D eigenvalue weighted by atomic mass is 9.88. The zero-order chi connectivity index (χ0) is 38.2. The number of ether oxygens (including phenoxy) is 3. The Morgan fingerprint density at radius 2 is 1.73 bits per heavy atom. The number of carbonyl (C=O) groups excluding carboxylic acids is 5. The lowest BCUT2D eigenvalue weighted by Crippen LogP contribution is -2.59. The molecule has 292 valence electrons. The van der Waals surface area contributed by atoms with Gasteiger partial charge >= 0.3 is 12.1 Å². The van der Waals surface area contributed by atoms with Crippen LogP contribution >= 0.6 is 0 Å². The van der Waals surface area contributed by atoms with E-state index in [0.29, 0.717) is 31.4 Å². The fourth-order valence-electron chi connectivity index (χ4n) is 6.98. The molecule has 2 aliphatic heterocycles. The normalized spacial score (nSPS) is 30.9. The zero-order valence-corrected chi connectivity index (χ0v) is 31.8. The SMILES string of the molecule is COc1ccc(C(=O)O[C@@H]2C[C@H]3C(=O)N[C@]4(C(=O)NS(=O)(=O)C5(C)CC5)C[C@H]4/C=C\CC[C@@H](C)C[C@@H](C)[C@H](NC(=O)OC(C)(C)C)C(=O)N3C2)cc1.[HH].[HH].[HH]. The van der Waals surface area contributed by atoms with Crippen LogP contribution in [0.15, 0.2) is 36.4 Å². The van der Waals surface area contributed by atoms with Gasteiger partial charge in [-0.1, -0.05) is 26.0 Å². The molecule has 1 aromatic carbocycles. The molecule has 14 nitrogen and oxygen atoms in total. The van der Waals surface area contributed by atoms with Crippen molar-refractivity contribution in [3.05, 3.63) is 42.0 Å². The summed E-state index contributed by atoms with van der Waals surface area (Å²) in [5.74, 6) is -2.97. The number of hydrogen-bond acceptors (Lipinski definition) is 10. The predicted molar refractivity (Wildman–Crippen MR) is 197 cm³/mol. The first-order valence-corrected chi connectivity index (χ1v) is 19.5. The summed E-state index contributed by atoms with van der Waals surface area (Å²) in [6.45, 7) is 10.4. The fraction of sp³-hybridized carbons (Fsp3) is 0.649. The number of esters is 1. The minimum absolute atomic E-state index is 0. The van der Waals surface area contributed by atoms with E-state index in [-0.39, 0.29) is 41.1 Å². The number of rotatable bonds is 7. The van der Waals surface area contributed by atoms with Crippen molar-refractivity contribution in [3.8, 4) is 5.75 Å². The molecule has 4 aliphatic rings. The van der Waals surface area contributed by atoms with Crippen LogP contribution in [0, 0.1) is 17.8 Å². The van der Waals surface area contributed by atoms with Gasteiger partial charge in [-0.2, -0.15) is 0 Å². The topological polar surface area (TPSA) is 187 Å². The van der Waals surface area contributed by atoms with Gasteiger partial charge in [-0.3, -0.25) is 19.1 Å². The lowest BCUT2D eigenvalue weighted by molar-refractivity contribution is -0.142. The number of sulfonamides is 1. The fourth-order valence-corrected chi connectivity index (χ4v) is 8.29. The van der Waals surface area contributed by atoms with Crippen LogP contribution in [0.25, 0.3) is 0 Å². The van der Waals surface area contributed by atoms with Crippen LogP contribution in [0.1, 0.15) is 101 Å². The van der Waals surface area contributed by atoms with Crippen LogP contribution in [0.2, 0.25) is 0 Å². The summed E-state index contributed by atoms with van der Waals surface area (Å²) in [5.41, 5.74) is -2.17. The average molecular weight is 751 g/mol. The Balaban J connectivity index is 0.00000348. The third kappa shape index (κ3) is 8.72. The minimum atomic E-state index is -4.01. The van der Waals surface area contributed by atoms with E-state index in [9.17, 15) is 32.4 Å². The Morgan fingerprint density at radius 3 is 2.35 bits per heavy atom. The van der Waals surface area contributed by atoms with Crippen molar-refractivity contribution >= 4 is 39.8 Å². The van der Waals surface area contributed by atoms with Gasteiger partial charge in [0.1, 0.15) is 35.1 Å². The molecule has 4 amide bonds. The first-order valence-electron chi connectivity index (χ1n) is 18.0. The summed E-state index contributed by atoms with van der Waals surface area (Å²) in [5, 5.41) is 5.57. The van der Waals surface area contributed by atoms with Crippen LogP contribution in [-0.2, 0) is 33.9 Å². The highest BCUT2D eigenvalue weighted by atomic mass is 32.2. The van der Waals surface area contributed by atoms with Crippen molar-refractivity contribution < 1.29 is 50.9 Å². The first-order chi connectivity index (χ1) is 24.3. The summed E-state index contributed by atoms with van der Waals surface area (Å²) >= 11 is 0. The summed E-state index contributed by atoms with van der Waals surface area (Å²) in [6, 6.07) is 3.98. The van der Waals surface area contributed by atoms with Crippen LogP contribution in [0.4, 0.5) is 4.79 Å². The van der Waals surface area contributed by atoms with Crippen molar-refractivity contribution in [2.75, 3.05) is 13.7 Å². The average Bonchev–Trinajstić information content (AvgIpc) is 3.94. The molecular weight excluding hydrogens is 692 g/mol. The van der Waals surface area contributed by atoms with Gasteiger partial charge in [-0.05, 0) is 102 Å². The van der Waals surface area contributed by atoms with Gasteiger partial charge in [0.2, 0.25) is 21.8 Å². The lowest BCUT2D eigenvalue weighted by Gasteiger charge is -2.33. The van der Waals surface area contributed by atoms with E-state index in [1.54, 1.807) is 39.8 Å². The minimum Gasteiger partial charge on any atom is -0.497 e. The Kier molecular flexibility index (Phi) is 11.1. The van der Waals surface area contributed by atoms with Gasteiger partial charge in [0.15, 0.2) is 0 Å². The van der Waals surface area contributed by atoms with Crippen molar-refractivity contribution in [3.63, 3.8) is 0 Å². The molecule has 3 N–H and O–H groups in total. The van der Waals surface area contributed by atoms with Crippen molar-refractivity contribution in [2.24, 2.45) is 17.8 Å². The summed E-state index contributed by atoms with van der Waals surface area (Å²) in [7, 11) is -2.51. The Morgan fingerprint density at radius 1 is 1.06 bits per heavy atom. The molecule has 15 heteroatoms. The molecule has 2 heterocycles. The van der Waals surface area contributed by atoms with Crippen LogP contribution in [0.5, 0.6) is 5.75 Å². The number of fused-ring (bicyclic) bond motifs is 2. The quantitative estimate of drug-likeness (QED) is 0.268. The van der Waals surface area contributed by atoms with E-state index in [4.69, 9.17) is 14.2 Å². The number of allylic oxidation sites excluding steroid dienone is 1. The Bertz CT molecular complexity index is 1720. The second-order valence-electron chi connectivity index (χ2n) is 16.1. The summed E-state index contributed by atoms with van der Waals surface area (Å²) < 4.78 is 43.9. The standard InChI is InChI=1S/C37H52N4O10S.3H2/c1-22-10-8-9-11-25-20-37(25,33(45)40-52(47,48)36(6)16-17-36)39-30(42)28-19-27(50-32(44)24-12-14-26(49-7)15-13-24)21-41(28)31(43)29(23(2)18-22)38-34(46)51-35(3,4)5;;;/h9,11-15,22-23,25,27-29H,8,10,16-21H2,1-7H3,(H,38,46)(H,39,42)(H,40,45);3*1H/b11-9-;;;/t22-,23-,25-,27-,28+,29+,37-;;;/m1.../s1. The molecule has 2 aliphatic carbocycles. The molecule has 0 aromatic heterocycles. The van der Waals surface area contributed by atoms with E-state index in [1.807, 2.05) is 26.0 Å². The van der Waals surface area contributed by atoms with Crippen molar-refractivity contribution in [1.29, 1.82) is 0 Å². The van der Waals surface area contributed by atoms with E-state index >= 15 is 0 Å². The number of nitrogens with zero attached hydrogens (tertiary/aromatic N) is 1. The third-order valence-electron chi connectivity index (χ3n) is 10.5. The maximum absolute atomic E-state index is 14.6. The van der Waals surface area contributed by atoms with E-state index < -0.39 is 79.8 Å². The number of carbonyl (C=O) groups is 5. The van der Waals surface area contributed by atoms with Gasteiger partial charge in [0, 0.05) is 16.6 Å². The number of hydrogen-bond donors (Lipinski definition) is 3. The number of methoxy groups -OCH3 is 1. The second-order valence-corrected chi connectivity index (χ2v) is 18.3. The maximum Gasteiger partial charge on any atom is 0.408 e. The molecule has 0 unspecified atom stereocenters. The number of benzene rings is 1. The largest absolute Gasteiger partial charge is 0.497 e. The van der Waals surface area contributed by atoms with E-state index in [2.05, 4.69) is 15.4 Å². The molecule has 7 atom stereocenters. The molecule has 0 bridgehead atoms. The maximum atomic E-state index is 14.6. The molecule has 2 saturated carbocycles. The molecule has 5 rings (SSSR count). The smallest absolute Gasteiger partial charge is 0.408 e. The van der Waals surface area contributed by atoms with Gasteiger partial charge in [0.05, 0.1) is 24.0 Å². The number of amides is 4. The van der Waals surface area contributed by atoms with E-state index in [1.165, 1.54) is 24.1 Å². The molecule has 0 spiro atoms. The number of nitrogens with one attached hydrogen (secondary N) is 3. The van der Waals surface area contributed by atoms with Gasteiger partial charge in [-0.25, -0.2) is 18.0 Å². The molecule has 1 saturated heterocycles. The van der Waals surface area contributed by atoms with Crippen LogP contribution in [-0.4, -0.2) is 90.8 Å². The third-order valence-corrected chi connectivity index (χ3v) is 12.7. The number of alkyl carbamates (subject to hydrolysis) is 1. The molecule has 1 aromatic rings. The first kappa shape index (κ1) is 39.1. The Labute approximate surface area is 310 Å². The highest BCUT2D eigenvalue weighted by Crippen LogP contribution is 2.47. The highest BCUT2D eigenvalue weighted by molar-refractivity contribution is 7.91. The molecule has 3 fully saturated rings. The van der Waals surface area contributed by atoms with Gasteiger partial charge < -0.3 is 29.7 Å². The van der Waals surface area contributed by atoms with Crippen molar-refractivity contribution in [2.45, 2.75) is 121 Å². The van der Waals surface area contributed by atoms with Crippen LogP contribution < -0.4 is 20.1 Å². The predicted octanol–water partition coefficient (Wildman–Crippen LogP) is 4.34. The second kappa shape index (κ2) is 14.7. The summed E-state index contributed by atoms with van der Waals surface area (Å²) in [4.78, 5) is 70.2. The Hall–Kier alpha value is -4.14.